The highest BCUT2D eigenvalue weighted by Crippen LogP contribution is 2.67. The Morgan fingerprint density at radius 3 is 2.35 bits per heavy atom. The number of rotatable bonds is 21. The number of primary amides is 2. The number of amides is 4. The van der Waals surface area contributed by atoms with Crippen molar-refractivity contribution < 1.29 is 33.1 Å². The predicted octanol–water partition coefficient (Wildman–Crippen LogP) is 7.46. The summed E-state index contributed by atoms with van der Waals surface area (Å²) >= 11 is 0. The minimum absolute atomic E-state index is 0.0368. The van der Waals surface area contributed by atoms with E-state index >= 15 is 0 Å². The molecule has 2 aromatic rings. The van der Waals surface area contributed by atoms with Gasteiger partial charge in [-0.25, -0.2) is 4.79 Å². The third-order valence-corrected chi connectivity index (χ3v) is 15.6. The van der Waals surface area contributed by atoms with Crippen molar-refractivity contribution in [1.82, 2.24) is 10.2 Å². The molecule has 6 N–H and O–H groups in total. The molecule has 6 rings (SSSR count). The summed E-state index contributed by atoms with van der Waals surface area (Å²) in [7, 11) is 0. The topological polar surface area (TPSA) is 204 Å². The van der Waals surface area contributed by atoms with Crippen LogP contribution < -0.4 is 27.7 Å². The van der Waals surface area contributed by atoms with Crippen molar-refractivity contribution in [2.24, 2.45) is 51.9 Å². The molecular weight excluding hydrogens is 799 g/mol. The molecule has 3 saturated carbocycles. The SMILES string of the molecule is Cc1cc(=O)oc2cc(NC(=O)CCC(=O)NCCCC[C@@H](C(=O)O[C@H]3CC[C@@]4(C)C(=CCC5C4CC[C@@]4(C)C5CC[C@@H]4CCCCC(C)C)C3)N(CC(N)=O)CC(N)=O)ccc12. The molecule has 1 heterocycles. The van der Waals surface area contributed by atoms with Gasteiger partial charge < -0.3 is 31.3 Å². The quantitative estimate of drug-likeness (QED) is 0.0425. The van der Waals surface area contributed by atoms with Crippen molar-refractivity contribution >= 4 is 46.3 Å². The number of carbonyl (C=O) groups is 5. The van der Waals surface area contributed by atoms with Crippen LogP contribution in [0.15, 0.2) is 45.1 Å². The highest BCUT2D eigenvalue weighted by atomic mass is 16.5. The first kappa shape index (κ1) is 47.9. The smallest absolute Gasteiger partial charge is 0.336 e. The second-order valence-electron chi connectivity index (χ2n) is 20.3. The molecule has 0 spiro atoms. The van der Waals surface area contributed by atoms with E-state index in [2.05, 4.69) is 44.4 Å². The third kappa shape index (κ3) is 11.8. The second-order valence-corrected chi connectivity index (χ2v) is 20.3. The molecule has 4 aliphatic rings. The minimum Gasteiger partial charge on any atom is -0.461 e. The number of aryl methyl sites for hydroxylation is 1. The third-order valence-electron chi connectivity index (χ3n) is 15.6. The number of nitrogens with one attached hydrogen (secondary N) is 2. The summed E-state index contributed by atoms with van der Waals surface area (Å²) in [6, 6.07) is 5.53. The fourth-order valence-electron chi connectivity index (χ4n) is 12.3. The number of unbranched alkanes of at least 4 members (excludes halogenated alkanes) is 2. The lowest BCUT2D eigenvalue weighted by atomic mass is 9.47. The van der Waals surface area contributed by atoms with E-state index in [-0.39, 0.29) is 55.7 Å². The molecule has 0 aliphatic heterocycles. The molecule has 4 aliphatic carbocycles. The molecule has 4 amide bonds. The summed E-state index contributed by atoms with van der Waals surface area (Å²) in [5.74, 6) is 1.20. The Balaban J connectivity index is 0.991. The van der Waals surface area contributed by atoms with E-state index in [1.165, 1.54) is 67.9 Å². The van der Waals surface area contributed by atoms with Crippen LogP contribution in [0.3, 0.4) is 0 Å². The number of hydrogen-bond donors (Lipinski definition) is 4. The zero-order valence-electron chi connectivity index (χ0n) is 38.4. The van der Waals surface area contributed by atoms with Gasteiger partial charge >= 0.3 is 11.6 Å². The first-order valence-corrected chi connectivity index (χ1v) is 23.8. The lowest BCUT2D eigenvalue weighted by Gasteiger charge is -2.58. The summed E-state index contributed by atoms with van der Waals surface area (Å²) in [6.45, 7) is 11.2. The van der Waals surface area contributed by atoms with Crippen molar-refractivity contribution in [2.45, 2.75) is 156 Å². The van der Waals surface area contributed by atoms with Crippen molar-refractivity contribution in [3.8, 4) is 0 Å². The molecule has 346 valence electrons. The van der Waals surface area contributed by atoms with Crippen LogP contribution in [0, 0.1) is 47.3 Å². The average Bonchev–Trinajstić information content (AvgIpc) is 3.55. The van der Waals surface area contributed by atoms with Crippen LogP contribution >= 0.6 is 0 Å². The first-order chi connectivity index (χ1) is 30.0. The molecule has 13 heteroatoms. The van der Waals surface area contributed by atoms with Crippen LogP contribution in [0.25, 0.3) is 11.0 Å². The Labute approximate surface area is 373 Å². The van der Waals surface area contributed by atoms with Gasteiger partial charge in [0.2, 0.25) is 23.6 Å². The summed E-state index contributed by atoms with van der Waals surface area (Å²) < 4.78 is 11.5. The standard InChI is InChI=1S/C50H73N5O8/c1-31(2)10-6-7-11-33-14-18-39-38-16-13-34-27-36(21-23-50(34,5)40(38)22-24-49(33,39)4)62-48(61)41(55(29-43(51)56)30-44(52)57)12-8-9-25-53-45(58)19-20-46(59)54-35-15-17-37-32(3)26-47(60)63-42(37)28-35/h13,15,17,26,28,31,33,36,38-41H,6-12,14,16,18-25,27,29-30H2,1-5H3,(H2,51,56)(H2,52,57)(H,53,58)(H,54,59)/t33-,36-,38?,39?,40?,41-,49+,50-/m0/s1. The zero-order valence-corrected chi connectivity index (χ0v) is 38.4. The number of anilines is 1. The zero-order chi connectivity index (χ0) is 45.5. The fourth-order valence-corrected chi connectivity index (χ4v) is 12.3. The van der Waals surface area contributed by atoms with E-state index in [0.717, 1.165) is 48.0 Å². The van der Waals surface area contributed by atoms with E-state index in [1.54, 1.807) is 25.1 Å². The van der Waals surface area contributed by atoms with Gasteiger partial charge in [-0.05, 0) is 136 Å². The maximum Gasteiger partial charge on any atom is 0.336 e. The monoisotopic (exact) mass is 872 g/mol. The fraction of sp³-hybridized carbons (Fsp3) is 0.680. The van der Waals surface area contributed by atoms with Crippen molar-refractivity contribution in [3.05, 3.63) is 51.9 Å². The van der Waals surface area contributed by atoms with Crippen molar-refractivity contribution in [1.29, 1.82) is 0 Å². The second kappa shape index (κ2) is 21.0. The number of hydrogen-bond acceptors (Lipinski definition) is 9. The van der Waals surface area contributed by atoms with Crippen molar-refractivity contribution in [2.75, 3.05) is 25.0 Å². The van der Waals surface area contributed by atoms with Crippen LogP contribution in [0.2, 0.25) is 0 Å². The summed E-state index contributed by atoms with van der Waals surface area (Å²) in [5, 5.41) is 6.33. The molecule has 3 fully saturated rings. The molecule has 13 nitrogen and oxygen atoms in total. The maximum atomic E-state index is 14.0. The number of esters is 1. The number of ether oxygens (including phenoxy) is 1. The normalized spacial score (nSPS) is 26.9. The number of allylic oxidation sites excluding steroid dienone is 1. The lowest BCUT2D eigenvalue weighted by Crippen LogP contribution is -2.52. The van der Waals surface area contributed by atoms with Crippen LogP contribution in [0.5, 0.6) is 0 Å². The average molecular weight is 872 g/mol. The van der Waals surface area contributed by atoms with Crippen molar-refractivity contribution in [3.63, 3.8) is 0 Å². The lowest BCUT2D eigenvalue weighted by molar-refractivity contribution is -0.158. The Morgan fingerprint density at radius 1 is 0.889 bits per heavy atom. The van der Waals surface area contributed by atoms with Crippen LogP contribution in [0.1, 0.15) is 142 Å². The highest BCUT2D eigenvalue weighted by Gasteiger charge is 2.58. The minimum atomic E-state index is -0.925. The van der Waals surface area contributed by atoms with E-state index < -0.39 is 29.5 Å². The molecule has 1 aromatic heterocycles. The van der Waals surface area contributed by atoms with E-state index in [4.69, 9.17) is 20.6 Å². The number of benzene rings is 1. The number of carbonyl (C=O) groups excluding carboxylic acids is 5. The van der Waals surface area contributed by atoms with Gasteiger partial charge in [0.25, 0.3) is 0 Å². The van der Waals surface area contributed by atoms with Gasteiger partial charge in [-0.1, -0.05) is 58.6 Å². The first-order valence-electron chi connectivity index (χ1n) is 23.8. The molecule has 3 unspecified atom stereocenters. The largest absolute Gasteiger partial charge is 0.461 e. The maximum absolute atomic E-state index is 14.0. The van der Waals surface area contributed by atoms with Gasteiger partial charge in [0.1, 0.15) is 17.7 Å². The van der Waals surface area contributed by atoms with E-state index in [1.807, 2.05) is 0 Å². The molecule has 0 radical (unpaired) electrons. The van der Waals surface area contributed by atoms with Gasteiger partial charge in [0, 0.05) is 49.0 Å². The molecule has 0 saturated heterocycles. The van der Waals surface area contributed by atoms with E-state index in [0.29, 0.717) is 54.3 Å². The Bertz CT molecular complexity index is 2060. The predicted molar refractivity (Wildman–Crippen MR) is 244 cm³/mol. The Hall–Kier alpha value is -4.52. The number of nitrogens with zero attached hydrogens (tertiary/aromatic N) is 1. The Morgan fingerprint density at radius 2 is 1.62 bits per heavy atom. The van der Waals surface area contributed by atoms with Crippen LogP contribution in [-0.2, 0) is 28.7 Å². The number of nitrogens with two attached hydrogens (primary N) is 2. The number of fused-ring (bicyclic) bond motifs is 6. The van der Waals surface area contributed by atoms with Gasteiger partial charge in [0.15, 0.2) is 0 Å². The molecular formula is C50H73N5O8. The van der Waals surface area contributed by atoms with Crippen LogP contribution in [-0.4, -0.2) is 66.3 Å². The molecule has 63 heavy (non-hydrogen) atoms. The van der Waals surface area contributed by atoms with E-state index in [9.17, 15) is 28.8 Å². The van der Waals surface area contributed by atoms with Gasteiger partial charge in [0.05, 0.1) is 13.1 Å². The molecule has 8 atom stereocenters. The highest BCUT2D eigenvalue weighted by molar-refractivity contribution is 5.95. The van der Waals surface area contributed by atoms with Gasteiger partial charge in [-0.2, -0.15) is 0 Å². The summed E-state index contributed by atoms with van der Waals surface area (Å²) in [5.41, 5.74) is 14.2. The summed E-state index contributed by atoms with van der Waals surface area (Å²) in [6.07, 6.45) is 17.5. The van der Waals surface area contributed by atoms with Gasteiger partial charge in [-0.3, -0.25) is 28.9 Å². The Kier molecular flexibility index (Phi) is 16.0. The summed E-state index contributed by atoms with van der Waals surface area (Å²) in [4.78, 5) is 76.7. The van der Waals surface area contributed by atoms with Crippen LogP contribution in [0.4, 0.5) is 5.69 Å². The molecule has 1 aromatic carbocycles. The molecule has 0 bridgehead atoms. The van der Waals surface area contributed by atoms with Gasteiger partial charge in [-0.15, -0.1) is 0 Å².